The summed E-state index contributed by atoms with van der Waals surface area (Å²) in [6.07, 6.45) is 1.24. The zero-order valence-corrected chi connectivity index (χ0v) is 14.6. The molecule has 0 radical (unpaired) electrons. The van der Waals surface area contributed by atoms with Crippen LogP contribution in [0.4, 0.5) is 5.69 Å². The molecule has 0 heterocycles. The number of hydrogen-bond donors (Lipinski definition) is 2. The third-order valence-electron chi connectivity index (χ3n) is 2.99. The lowest BCUT2D eigenvalue weighted by molar-refractivity contribution is -0.385. The van der Waals surface area contributed by atoms with Gasteiger partial charge in [-0.3, -0.25) is 14.9 Å². The quantitative estimate of drug-likeness (QED) is 0.321. The molecule has 9 heteroatoms. The summed E-state index contributed by atoms with van der Waals surface area (Å²) in [5.41, 5.74) is 2.61. The number of hydrazone groups is 1. The summed E-state index contributed by atoms with van der Waals surface area (Å²) in [4.78, 5) is 22.1. The summed E-state index contributed by atoms with van der Waals surface area (Å²) < 4.78 is 6.01. The normalized spacial score (nSPS) is 10.6. The van der Waals surface area contributed by atoms with Crippen LogP contribution in [-0.2, 0) is 0 Å². The van der Waals surface area contributed by atoms with E-state index < -0.39 is 22.3 Å². The summed E-state index contributed by atoms with van der Waals surface area (Å²) >= 11 is 2.09. The molecule has 0 aliphatic heterocycles. The van der Waals surface area contributed by atoms with Gasteiger partial charge in [-0.25, -0.2) is 5.43 Å². The Morgan fingerprint density at radius 3 is 2.79 bits per heavy atom. The van der Waals surface area contributed by atoms with Crippen LogP contribution in [-0.4, -0.2) is 29.3 Å². The number of carbonyl (C=O) groups is 1. The monoisotopic (exact) mass is 441 g/mol. The minimum atomic E-state index is -0.705. The highest BCUT2D eigenvalue weighted by molar-refractivity contribution is 14.1. The van der Waals surface area contributed by atoms with Crippen molar-refractivity contribution < 1.29 is 19.6 Å². The number of nitro benzene ring substituents is 1. The summed E-state index contributed by atoms with van der Waals surface area (Å²) in [5.74, 6) is -0.317. The number of phenolic OH excluding ortho intramolecular Hbond substituents is 1. The first kappa shape index (κ1) is 17.7. The molecule has 0 aromatic heterocycles. The summed E-state index contributed by atoms with van der Waals surface area (Å²) in [6, 6.07) is 8.72. The van der Waals surface area contributed by atoms with Crippen LogP contribution in [0, 0.1) is 13.7 Å². The summed E-state index contributed by atoms with van der Waals surface area (Å²) in [5, 5.41) is 23.9. The number of hydrogen-bond acceptors (Lipinski definition) is 6. The second kappa shape index (κ2) is 7.73. The van der Waals surface area contributed by atoms with Gasteiger partial charge in [0.2, 0.25) is 0 Å². The summed E-state index contributed by atoms with van der Waals surface area (Å²) in [6.45, 7) is 0. The average Bonchev–Trinajstić information content (AvgIpc) is 2.56. The molecule has 2 N–H and O–H groups in total. The Morgan fingerprint density at radius 1 is 1.38 bits per heavy atom. The van der Waals surface area contributed by atoms with Gasteiger partial charge in [0, 0.05) is 17.2 Å². The zero-order valence-electron chi connectivity index (χ0n) is 12.4. The van der Waals surface area contributed by atoms with Gasteiger partial charge < -0.3 is 9.84 Å². The topological polar surface area (TPSA) is 114 Å². The molecule has 0 aliphatic rings. The van der Waals surface area contributed by atoms with Gasteiger partial charge in [0.05, 0.1) is 21.8 Å². The van der Waals surface area contributed by atoms with Gasteiger partial charge in [-0.2, -0.15) is 5.10 Å². The van der Waals surface area contributed by atoms with Gasteiger partial charge in [0.15, 0.2) is 5.75 Å². The van der Waals surface area contributed by atoms with Crippen LogP contribution in [0.15, 0.2) is 41.5 Å². The lowest BCUT2D eigenvalue weighted by Gasteiger charge is -2.05. The maximum absolute atomic E-state index is 12.0. The van der Waals surface area contributed by atoms with E-state index in [1.807, 2.05) is 0 Å². The number of nitro groups is 1. The number of nitrogens with one attached hydrogen (secondary N) is 1. The Morgan fingerprint density at radius 2 is 2.12 bits per heavy atom. The van der Waals surface area contributed by atoms with Crippen LogP contribution in [0.1, 0.15) is 15.9 Å². The van der Waals surface area contributed by atoms with E-state index in [9.17, 15) is 20.0 Å². The number of carbonyl (C=O) groups excluding carboxylic acids is 1. The largest absolute Gasteiger partial charge is 0.502 e. The molecule has 0 bridgehead atoms. The SMILES string of the molecule is COc1cc(C(=O)NN=Cc2ccc(O)c([N+](=O)[O-])c2)ccc1I. The van der Waals surface area contributed by atoms with Crippen LogP contribution >= 0.6 is 22.6 Å². The molecule has 0 aliphatic carbocycles. The van der Waals surface area contributed by atoms with Crippen molar-refractivity contribution >= 4 is 40.4 Å². The molecule has 24 heavy (non-hydrogen) atoms. The molecule has 2 aromatic carbocycles. The molecule has 2 rings (SSSR count). The van der Waals surface area contributed by atoms with Gasteiger partial charge in [-0.15, -0.1) is 0 Å². The molecular weight excluding hydrogens is 429 g/mol. The van der Waals surface area contributed by atoms with Crippen molar-refractivity contribution in [3.63, 3.8) is 0 Å². The smallest absolute Gasteiger partial charge is 0.311 e. The van der Waals surface area contributed by atoms with E-state index in [2.05, 4.69) is 33.1 Å². The number of phenols is 1. The third kappa shape index (κ3) is 4.19. The molecule has 0 fully saturated rings. The van der Waals surface area contributed by atoms with Gasteiger partial charge in [0.25, 0.3) is 5.91 Å². The van der Waals surface area contributed by atoms with Crippen LogP contribution in [0.2, 0.25) is 0 Å². The van der Waals surface area contributed by atoms with E-state index >= 15 is 0 Å². The van der Waals surface area contributed by atoms with E-state index in [0.717, 1.165) is 9.64 Å². The van der Waals surface area contributed by atoms with Crippen LogP contribution in [0.3, 0.4) is 0 Å². The molecular formula is C15H12IN3O5. The number of nitrogens with zero attached hydrogens (tertiary/aromatic N) is 2. The minimum absolute atomic E-state index is 0.361. The predicted molar refractivity (Wildman–Crippen MR) is 95.5 cm³/mol. The van der Waals surface area contributed by atoms with E-state index in [1.54, 1.807) is 18.2 Å². The van der Waals surface area contributed by atoms with E-state index in [4.69, 9.17) is 4.74 Å². The molecule has 0 spiro atoms. The minimum Gasteiger partial charge on any atom is -0.502 e. The lowest BCUT2D eigenvalue weighted by atomic mass is 10.2. The van der Waals surface area contributed by atoms with E-state index in [-0.39, 0.29) is 0 Å². The van der Waals surface area contributed by atoms with Crippen LogP contribution in [0.5, 0.6) is 11.5 Å². The molecule has 0 saturated carbocycles. The summed E-state index contributed by atoms with van der Waals surface area (Å²) in [7, 11) is 1.51. The predicted octanol–water partition coefficient (Wildman–Crippen LogP) is 2.68. The number of amides is 1. The maximum Gasteiger partial charge on any atom is 0.311 e. The fraction of sp³-hybridized carbons (Fsp3) is 0.0667. The number of methoxy groups -OCH3 is 1. The second-order valence-corrected chi connectivity index (χ2v) is 5.72. The van der Waals surface area contributed by atoms with Crippen molar-refractivity contribution in [1.82, 2.24) is 5.43 Å². The molecule has 0 saturated heterocycles. The third-order valence-corrected chi connectivity index (χ3v) is 3.88. The standard InChI is InChI=1S/C15H12IN3O5/c1-24-14-7-10(3-4-11(14)16)15(21)18-17-8-9-2-5-13(20)12(6-9)19(22)23/h2-8,20H,1H3,(H,18,21). The first-order valence-electron chi connectivity index (χ1n) is 6.56. The Kier molecular flexibility index (Phi) is 5.68. The number of ether oxygens (including phenoxy) is 1. The zero-order chi connectivity index (χ0) is 17.7. The second-order valence-electron chi connectivity index (χ2n) is 4.55. The lowest BCUT2D eigenvalue weighted by Crippen LogP contribution is -2.17. The van der Waals surface area contributed by atoms with Crippen molar-refractivity contribution in [3.05, 3.63) is 61.2 Å². The number of aromatic hydroxyl groups is 1. The van der Waals surface area contributed by atoms with Gasteiger partial charge in [-0.05, 0) is 52.9 Å². The molecule has 1 amide bonds. The van der Waals surface area contributed by atoms with Crippen molar-refractivity contribution in [1.29, 1.82) is 0 Å². The van der Waals surface area contributed by atoms with Gasteiger partial charge in [-0.1, -0.05) is 0 Å². The molecule has 0 unspecified atom stereocenters. The van der Waals surface area contributed by atoms with Crippen molar-refractivity contribution in [2.24, 2.45) is 5.10 Å². The van der Waals surface area contributed by atoms with Crippen molar-refractivity contribution in [3.8, 4) is 11.5 Å². The highest BCUT2D eigenvalue weighted by atomic mass is 127. The first-order valence-corrected chi connectivity index (χ1v) is 7.64. The Bertz CT molecular complexity index is 823. The average molecular weight is 441 g/mol. The van der Waals surface area contributed by atoms with E-state index in [1.165, 1.54) is 25.5 Å². The maximum atomic E-state index is 12.0. The van der Waals surface area contributed by atoms with E-state index in [0.29, 0.717) is 16.9 Å². The molecule has 124 valence electrons. The highest BCUT2D eigenvalue weighted by Crippen LogP contribution is 2.25. The van der Waals surface area contributed by atoms with Crippen LogP contribution in [0.25, 0.3) is 0 Å². The first-order chi connectivity index (χ1) is 11.4. The van der Waals surface area contributed by atoms with Crippen molar-refractivity contribution in [2.45, 2.75) is 0 Å². The highest BCUT2D eigenvalue weighted by Gasteiger charge is 2.13. The van der Waals surface area contributed by atoms with Gasteiger partial charge in [0.1, 0.15) is 5.75 Å². The molecule has 2 aromatic rings. The van der Waals surface area contributed by atoms with Gasteiger partial charge >= 0.3 is 5.69 Å². The Hall–Kier alpha value is -2.69. The molecule has 8 nitrogen and oxygen atoms in total. The Balaban J connectivity index is 2.10. The number of rotatable bonds is 5. The number of halogens is 1. The van der Waals surface area contributed by atoms with Crippen molar-refractivity contribution in [2.75, 3.05) is 7.11 Å². The fourth-order valence-corrected chi connectivity index (χ4v) is 2.35. The fourth-order valence-electron chi connectivity index (χ4n) is 1.80. The molecule has 0 atom stereocenters. The number of benzene rings is 2. The Labute approximate surface area is 150 Å². The van der Waals surface area contributed by atoms with Crippen LogP contribution < -0.4 is 10.2 Å².